The summed E-state index contributed by atoms with van der Waals surface area (Å²) >= 11 is 10.9. The number of amides is 1. The first kappa shape index (κ1) is 13.9. The molecule has 1 aliphatic rings. The van der Waals surface area contributed by atoms with Gasteiger partial charge in [-0.25, -0.2) is 0 Å². The maximum atomic E-state index is 11.5. The molecule has 2 aromatic carbocycles. The first-order valence-electron chi connectivity index (χ1n) is 5.80. The van der Waals surface area contributed by atoms with Crippen LogP contribution < -0.4 is 5.32 Å². The van der Waals surface area contributed by atoms with Gasteiger partial charge >= 0.3 is 0 Å². The van der Waals surface area contributed by atoms with Gasteiger partial charge < -0.3 is 10.4 Å². The minimum absolute atomic E-state index is 0.388. The summed E-state index contributed by atoms with van der Waals surface area (Å²) in [5, 5.41) is 13.1. The first-order valence-corrected chi connectivity index (χ1v) is 7.79. The number of anilines is 1. The van der Waals surface area contributed by atoms with Crippen molar-refractivity contribution >= 4 is 50.9 Å². The molecular weight excluding hydrogens is 362 g/mol. The van der Waals surface area contributed by atoms with Crippen LogP contribution in [-0.4, -0.2) is 11.0 Å². The molecule has 102 valence electrons. The molecule has 20 heavy (non-hydrogen) atoms. The van der Waals surface area contributed by atoms with Gasteiger partial charge in [-0.3, -0.25) is 4.79 Å². The van der Waals surface area contributed by atoms with E-state index < -0.39 is 6.10 Å². The molecule has 1 unspecified atom stereocenters. The van der Waals surface area contributed by atoms with Gasteiger partial charge in [-0.15, -0.1) is 0 Å². The SMILES string of the molecule is O=C1Nc2cc(Sc3ccc(Cl)cc3)c(Br)cc2C1O. The molecule has 0 aliphatic carbocycles. The highest BCUT2D eigenvalue weighted by Gasteiger charge is 2.29. The number of hydrogen-bond acceptors (Lipinski definition) is 3. The lowest BCUT2D eigenvalue weighted by Crippen LogP contribution is -2.10. The highest BCUT2D eigenvalue weighted by Crippen LogP contribution is 2.41. The molecule has 6 heteroatoms. The Morgan fingerprint density at radius 1 is 1.25 bits per heavy atom. The first-order chi connectivity index (χ1) is 9.54. The van der Waals surface area contributed by atoms with Crippen molar-refractivity contribution in [3.8, 4) is 0 Å². The summed E-state index contributed by atoms with van der Waals surface area (Å²) in [5.41, 5.74) is 1.25. The molecule has 0 bridgehead atoms. The third-order valence-corrected chi connectivity index (χ3v) is 5.18. The number of halogens is 2. The average Bonchev–Trinajstić information content (AvgIpc) is 2.69. The minimum Gasteiger partial charge on any atom is -0.378 e. The molecule has 1 amide bonds. The van der Waals surface area contributed by atoms with E-state index in [0.29, 0.717) is 16.3 Å². The van der Waals surface area contributed by atoms with Crippen LogP contribution in [0.25, 0.3) is 0 Å². The molecule has 3 rings (SSSR count). The van der Waals surface area contributed by atoms with E-state index in [2.05, 4.69) is 21.2 Å². The van der Waals surface area contributed by atoms with Gasteiger partial charge in [0, 0.05) is 30.5 Å². The Bertz CT molecular complexity index is 690. The number of hydrogen-bond donors (Lipinski definition) is 2. The topological polar surface area (TPSA) is 49.3 Å². The van der Waals surface area contributed by atoms with Gasteiger partial charge in [0.2, 0.25) is 0 Å². The van der Waals surface area contributed by atoms with E-state index in [4.69, 9.17) is 11.6 Å². The van der Waals surface area contributed by atoms with Gasteiger partial charge in [-0.2, -0.15) is 0 Å². The summed E-state index contributed by atoms with van der Waals surface area (Å²) < 4.78 is 0.840. The van der Waals surface area contributed by atoms with E-state index >= 15 is 0 Å². The van der Waals surface area contributed by atoms with Crippen LogP contribution in [-0.2, 0) is 4.79 Å². The number of carbonyl (C=O) groups excluding carboxylic acids is 1. The number of fused-ring (bicyclic) bond motifs is 1. The summed E-state index contributed by atoms with van der Waals surface area (Å²) in [5.74, 6) is -0.388. The van der Waals surface area contributed by atoms with Crippen LogP contribution in [0.3, 0.4) is 0 Å². The number of nitrogens with one attached hydrogen (secondary N) is 1. The molecule has 3 nitrogen and oxygen atoms in total. The van der Waals surface area contributed by atoms with E-state index in [0.717, 1.165) is 14.3 Å². The van der Waals surface area contributed by atoms with Crippen molar-refractivity contribution < 1.29 is 9.90 Å². The Morgan fingerprint density at radius 2 is 1.95 bits per heavy atom. The van der Waals surface area contributed by atoms with Crippen molar-refractivity contribution in [2.75, 3.05) is 5.32 Å². The quantitative estimate of drug-likeness (QED) is 0.831. The van der Waals surface area contributed by atoms with Gasteiger partial charge in [-0.05, 0) is 52.3 Å². The smallest absolute Gasteiger partial charge is 0.257 e. The predicted octanol–water partition coefficient (Wildman–Crippen LogP) is 4.24. The summed E-state index contributed by atoms with van der Waals surface area (Å²) in [6.07, 6.45) is -1.09. The average molecular weight is 371 g/mol. The number of rotatable bonds is 2. The van der Waals surface area contributed by atoms with Crippen LogP contribution in [0.5, 0.6) is 0 Å². The Labute approximate surface area is 133 Å². The van der Waals surface area contributed by atoms with Crippen LogP contribution in [0.15, 0.2) is 50.7 Å². The second kappa shape index (κ2) is 5.41. The lowest BCUT2D eigenvalue weighted by atomic mass is 10.1. The number of benzene rings is 2. The van der Waals surface area contributed by atoms with E-state index in [1.165, 1.54) is 0 Å². The molecule has 0 fully saturated rings. The lowest BCUT2D eigenvalue weighted by Gasteiger charge is -2.08. The molecule has 2 N–H and O–H groups in total. The largest absolute Gasteiger partial charge is 0.378 e. The summed E-state index contributed by atoms with van der Waals surface area (Å²) in [4.78, 5) is 13.5. The molecule has 1 atom stereocenters. The van der Waals surface area contributed by atoms with E-state index in [-0.39, 0.29) is 5.91 Å². The molecular formula is C14H9BrClNO2S. The van der Waals surface area contributed by atoms with Crippen molar-refractivity contribution in [3.05, 3.63) is 51.5 Å². The van der Waals surface area contributed by atoms with E-state index in [1.54, 1.807) is 17.8 Å². The number of aliphatic hydroxyl groups is 1. The Hall–Kier alpha value is -1.01. The van der Waals surface area contributed by atoms with E-state index in [9.17, 15) is 9.90 Å². The number of carbonyl (C=O) groups is 1. The normalized spacial score (nSPS) is 16.9. The second-order valence-electron chi connectivity index (χ2n) is 4.32. The van der Waals surface area contributed by atoms with Crippen molar-refractivity contribution in [3.63, 3.8) is 0 Å². The van der Waals surface area contributed by atoms with Crippen molar-refractivity contribution in [1.29, 1.82) is 0 Å². The fraction of sp³-hybridized carbons (Fsp3) is 0.0714. The minimum atomic E-state index is -1.09. The zero-order chi connectivity index (χ0) is 14.3. The van der Waals surface area contributed by atoms with Crippen molar-refractivity contribution in [1.82, 2.24) is 0 Å². The lowest BCUT2D eigenvalue weighted by molar-refractivity contribution is -0.123. The molecule has 0 saturated heterocycles. The highest BCUT2D eigenvalue weighted by atomic mass is 79.9. The van der Waals surface area contributed by atoms with Crippen LogP contribution in [0.2, 0.25) is 5.02 Å². The van der Waals surface area contributed by atoms with Crippen LogP contribution in [0, 0.1) is 0 Å². The molecule has 0 saturated carbocycles. The second-order valence-corrected chi connectivity index (χ2v) is 6.72. The Morgan fingerprint density at radius 3 is 2.65 bits per heavy atom. The predicted molar refractivity (Wildman–Crippen MR) is 83.3 cm³/mol. The monoisotopic (exact) mass is 369 g/mol. The third-order valence-electron chi connectivity index (χ3n) is 2.95. The summed E-state index contributed by atoms with van der Waals surface area (Å²) in [6.45, 7) is 0. The molecule has 1 aliphatic heterocycles. The van der Waals surface area contributed by atoms with Crippen molar-refractivity contribution in [2.45, 2.75) is 15.9 Å². The Balaban J connectivity index is 1.94. The van der Waals surface area contributed by atoms with Gasteiger partial charge in [0.25, 0.3) is 5.91 Å². The standard InChI is InChI=1S/C14H9BrClNO2S/c15-10-5-9-11(17-14(19)13(9)18)6-12(10)20-8-3-1-7(16)2-4-8/h1-6,13,18H,(H,17,19). The molecule has 1 heterocycles. The third kappa shape index (κ3) is 2.59. The van der Waals surface area contributed by atoms with Crippen LogP contribution in [0.1, 0.15) is 11.7 Å². The maximum Gasteiger partial charge on any atom is 0.257 e. The van der Waals surface area contributed by atoms with E-state index in [1.807, 2.05) is 30.3 Å². The highest BCUT2D eigenvalue weighted by molar-refractivity contribution is 9.10. The van der Waals surface area contributed by atoms with Crippen LogP contribution in [0.4, 0.5) is 5.69 Å². The van der Waals surface area contributed by atoms with Gasteiger partial charge in [-0.1, -0.05) is 23.4 Å². The fourth-order valence-corrected chi connectivity index (χ4v) is 3.54. The van der Waals surface area contributed by atoms with Gasteiger partial charge in [0.1, 0.15) is 0 Å². The summed E-state index contributed by atoms with van der Waals surface area (Å²) in [7, 11) is 0. The van der Waals surface area contributed by atoms with Gasteiger partial charge in [0.05, 0.1) is 0 Å². The molecule has 0 aromatic heterocycles. The summed E-state index contributed by atoms with van der Waals surface area (Å²) in [6, 6.07) is 11.1. The number of aliphatic hydroxyl groups excluding tert-OH is 1. The van der Waals surface area contributed by atoms with Crippen LogP contribution >= 0.6 is 39.3 Å². The Kier molecular flexibility index (Phi) is 3.77. The molecule has 0 spiro atoms. The maximum absolute atomic E-state index is 11.5. The zero-order valence-electron chi connectivity index (χ0n) is 10.1. The van der Waals surface area contributed by atoms with Gasteiger partial charge in [0.15, 0.2) is 6.10 Å². The van der Waals surface area contributed by atoms with Crippen molar-refractivity contribution in [2.24, 2.45) is 0 Å². The molecule has 0 radical (unpaired) electrons. The zero-order valence-corrected chi connectivity index (χ0v) is 13.2. The molecule has 2 aromatic rings. The fourth-order valence-electron chi connectivity index (χ4n) is 1.95.